The molecule has 2 heterocycles. The molecule has 0 bridgehead atoms. The summed E-state index contributed by atoms with van der Waals surface area (Å²) in [6, 6.07) is 13.7. The SMILES string of the molecule is Nc1nc(SCC(=O)Nc2cccc3ccccc23)nc2nc[nH]c12. The number of rotatable bonds is 4. The lowest BCUT2D eigenvalue weighted by atomic mass is 10.1. The second-order valence-corrected chi connectivity index (χ2v) is 6.30. The maximum Gasteiger partial charge on any atom is 0.234 e. The zero-order valence-corrected chi connectivity index (χ0v) is 13.9. The normalized spacial score (nSPS) is 11.0. The highest BCUT2D eigenvalue weighted by molar-refractivity contribution is 7.99. The van der Waals surface area contributed by atoms with E-state index >= 15 is 0 Å². The first-order valence-electron chi connectivity index (χ1n) is 7.58. The number of nitrogens with two attached hydrogens (primary N) is 1. The molecule has 4 rings (SSSR count). The van der Waals surface area contributed by atoms with Crippen molar-refractivity contribution in [3.8, 4) is 0 Å². The maximum atomic E-state index is 12.3. The fourth-order valence-electron chi connectivity index (χ4n) is 2.55. The van der Waals surface area contributed by atoms with E-state index in [1.54, 1.807) is 0 Å². The summed E-state index contributed by atoms with van der Waals surface area (Å²) in [4.78, 5) is 27.7. The van der Waals surface area contributed by atoms with Crippen molar-refractivity contribution in [3.05, 3.63) is 48.8 Å². The first-order valence-corrected chi connectivity index (χ1v) is 8.56. The van der Waals surface area contributed by atoms with Gasteiger partial charge in [0.05, 0.1) is 12.1 Å². The third-order valence-electron chi connectivity index (χ3n) is 3.69. The van der Waals surface area contributed by atoms with E-state index in [-0.39, 0.29) is 11.7 Å². The summed E-state index contributed by atoms with van der Waals surface area (Å²) in [5.74, 6) is 0.364. The summed E-state index contributed by atoms with van der Waals surface area (Å²) >= 11 is 1.22. The number of carbonyl (C=O) groups is 1. The van der Waals surface area contributed by atoms with Crippen LogP contribution in [0.3, 0.4) is 0 Å². The lowest BCUT2D eigenvalue weighted by Crippen LogP contribution is -2.14. The van der Waals surface area contributed by atoms with Crippen LogP contribution in [0.5, 0.6) is 0 Å². The number of nitrogen functional groups attached to an aromatic ring is 1. The van der Waals surface area contributed by atoms with Gasteiger partial charge in [0.25, 0.3) is 0 Å². The summed E-state index contributed by atoms with van der Waals surface area (Å²) in [5, 5.41) is 5.43. The average Bonchev–Trinajstić information content (AvgIpc) is 3.10. The molecule has 1 amide bonds. The van der Waals surface area contributed by atoms with Crippen LogP contribution in [0.25, 0.3) is 21.9 Å². The Bertz CT molecular complexity index is 1070. The zero-order chi connectivity index (χ0) is 17.2. The number of hydrogen-bond acceptors (Lipinski definition) is 6. The van der Waals surface area contributed by atoms with Gasteiger partial charge in [0.2, 0.25) is 5.91 Å². The zero-order valence-electron chi connectivity index (χ0n) is 13.1. The van der Waals surface area contributed by atoms with Crippen LogP contribution < -0.4 is 11.1 Å². The summed E-state index contributed by atoms with van der Waals surface area (Å²) in [5.41, 5.74) is 7.73. The highest BCUT2D eigenvalue weighted by atomic mass is 32.2. The smallest absolute Gasteiger partial charge is 0.234 e. The fraction of sp³-hybridized carbons (Fsp3) is 0.0588. The monoisotopic (exact) mass is 350 g/mol. The molecule has 0 aliphatic carbocycles. The fourth-order valence-corrected chi connectivity index (χ4v) is 3.20. The lowest BCUT2D eigenvalue weighted by molar-refractivity contribution is -0.113. The molecular weight excluding hydrogens is 336 g/mol. The van der Waals surface area contributed by atoms with Crippen molar-refractivity contribution in [2.24, 2.45) is 0 Å². The number of benzene rings is 2. The van der Waals surface area contributed by atoms with Crippen LogP contribution in [-0.2, 0) is 4.79 Å². The van der Waals surface area contributed by atoms with E-state index < -0.39 is 0 Å². The Labute approximate surface area is 147 Å². The van der Waals surface area contributed by atoms with Crippen molar-refractivity contribution >= 4 is 51.1 Å². The van der Waals surface area contributed by atoms with E-state index in [1.807, 2.05) is 42.5 Å². The molecule has 124 valence electrons. The third kappa shape index (κ3) is 3.11. The minimum absolute atomic E-state index is 0.134. The molecule has 0 saturated carbocycles. The molecule has 8 heteroatoms. The molecular formula is C17H14N6OS. The number of amides is 1. The molecule has 0 fully saturated rings. The topological polar surface area (TPSA) is 110 Å². The highest BCUT2D eigenvalue weighted by Crippen LogP contribution is 2.24. The van der Waals surface area contributed by atoms with Gasteiger partial charge >= 0.3 is 0 Å². The van der Waals surface area contributed by atoms with Gasteiger partial charge in [0.15, 0.2) is 16.6 Å². The van der Waals surface area contributed by atoms with E-state index in [0.717, 1.165) is 16.5 Å². The van der Waals surface area contributed by atoms with E-state index in [2.05, 4.69) is 25.3 Å². The molecule has 2 aromatic carbocycles. The van der Waals surface area contributed by atoms with Gasteiger partial charge < -0.3 is 16.0 Å². The highest BCUT2D eigenvalue weighted by Gasteiger charge is 2.11. The van der Waals surface area contributed by atoms with Crippen molar-refractivity contribution in [1.29, 1.82) is 0 Å². The number of H-pyrrole nitrogens is 1. The van der Waals surface area contributed by atoms with Crippen molar-refractivity contribution in [3.63, 3.8) is 0 Å². The second kappa shape index (κ2) is 6.40. The minimum atomic E-state index is -0.134. The van der Waals surface area contributed by atoms with Gasteiger partial charge in [-0.2, -0.15) is 0 Å². The summed E-state index contributed by atoms with van der Waals surface area (Å²) in [6.45, 7) is 0. The van der Waals surface area contributed by atoms with Crippen molar-refractivity contribution in [2.45, 2.75) is 5.16 Å². The van der Waals surface area contributed by atoms with Crippen LogP contribution in [0.2, 0.25) is 0 Å². The molecule has 0 saturated heterocycles. The van der Waals surface area contributed by atoms with E-state index in [9.17, 15) is 4.79 Å². The molecule has 0 unspecified atom stereocenters. The number of fused-ring (bicyclic) bond motifs is 2. The van der Waals surface area contributed by atoms with Gasteiger partial charge in [-0.25, -0.2) is 15.0 Å². The Hall–Kier alpha value is -3.13. The predicted molar refractivity (Wildman–Crippen MR) is 99.4 cm³/mol. The number of thioether (sulfide) groups is 1. The van der Waals surface area contributed by atoms with Crippen LogP contribution >= 0.6 is 11.8 Å². The molecule has 25 heavy (non-hydrogen) atoms. The molecule has 0 radical (unpaired) electrons. The average molecular weight is 350 g/mol. The number of hydrogen-bond donors (Lipinski definition) is 3. The Morgan fingerprint density at radius 2 is 2.00 bits per heavy atom. The second-order valence-electron chi connectivity index (χ2n) is 5.36. The van der Waals surface area contributed by atoms with Crippen LogP contribution in [0, 0.1) is 0 Å². The Morgan fingerprint density at radius 1 is 1.16 bits per heavy atom. The lowest BCUT2D eigenvalue weighted by Gasteiger charge is -2.08. The predicted octanol–water partition coefficient (Wildman–Crippen LogP) is 2.82. The number of nitrogens with one attached hydrogen (secondary N) is 2. The first kappa shape index (κ1) is 15.4. The van der Waals surface area contributed by atoms with Crippen molar-refractivity contribution < 1.29 is 4.79 Å². The van der Waals surface area contributed by atoms with Crippen LogP contribution in [0.4, 0.5) is 11.5 Å². The van der Waals surface area contributed by atoms with E-state index in [0.29, 0.717) is 22.1 Å². The van der Waals surface area contributed by atoms with Gasteiger partial charge in [-0.15, -0.1) is 0 Å². The molecule has 0 atom stereocenters. The number of carbonyl (C=O) groups excluding carboxylic acids is 1. The first-order chi connectivity index (χ1) is 12.2. The van der Waals surface area contributed by atoms with Gasteiger partial charge in [-0.05, 0) is 11.5 Å². The molecule has 4 N–H and O–H groups in total. The van der Waals surface area contributed by atoms with Crippen LogP contribution in [-0.4, -0.2) is 31.6 Å². The third-order valence-corrected chi connectivity index (χ3v) is 4.54. The number of aromatic amines is 1. The standard InChI is InChI=1S/C17H14N6OS/c18-15-14-16(20-9-19-14)23-17(22-15)25-8-13(24)21-12-7-3-5-10-4-1-2-6-11(10)12/h1-7,9H,8H2,(H,21,24)(H3,18,19,20,22,23). The largest absolute Gasteiger partial charge is 0.382 e. The number of anilines is 2. The minimum Gasteiger partial charge on any atom is -0.382 e. The molecule has 4 aromatic rings. The van der Waals surface area contributed by atoms with Gasteiger partial charge in [-0.1, -0.05) is 48.2 Å². The van der Waals surface area contributed by atoms with Crippen molar-refractivity contribution in [1.82, 2.24) is 19.9 Å². The van der Waals surface area contributed by atoms with E-state index in [1.165, 1.54) is 18.1 Å². The Morgan fingerprint density at radius 3 is 2.92 bits per heavy atom. The van der Waals surface area contributed by atoms with Gasteiger partial charge in [0.1, 0.15) is 5.52 Å². The maximum absolute atomic E-state index is 12.3. The van der Waals surface area contributed by atoms with Gasteiger partial charge in [0, 0.05) is 11.1 Å². The summed E-state index contributed by atoms with van der Waals surface area (Å²) < 4.78 is 0. The summed E-state index contributed by atoms with van der Waals surface area (Å²) in [7, 11) is 0. The molecule has 2 aromatic heterocycles. The summed E-state index contributed by atoms with van der Waals surface area (Å²) in [6.07, 6.45) is 1.51. The van der Waals surface area contributed by atoms with Crippen LogP contribution in [0.15, 0.2) is 53.9 Å². The Balaban J connectivity index is 1.48. The number of imidazole rings is 1. The van der Waals surface area contributed by atoms with Crippen molar-refractivity contribution in [2.75, 3.05) is 16.8 Å². The Kier molecular flexibility index (Phi) is 3.95. The number of aromatic nitrogens is 4. The van der Waals surface area contributed by atoms with Gasteiger partial charge in [-0.3, -0.25) is 4.79 Å². The van der Waals surface area contributed by atoms with E-state index in [4.69, 9.17) is 5.73 Å². The van der Waals surface area contributed by atoms with Crippen LogP contribution in [0.1, 0.15) is 0 Å². The number of nitrogens with zero attached hydrogens (tertiary/aromatic N) is 3. The quantitative estimate of drug-likeness (QED) is 0.386. The molecule has 0 spiro atoms. The molecule has 0 aliphatic heterocycles. The molecule has 7 nitrogen and oxygen atoms in total. The molecule has 0 aliphatic rings.